The molecule has 1 aromatic carbocycles. The number of aliphatic carboxylic acids is 1. The normalized spacial score (nSPS) is 19.7. The van der Waals surface area contributed by atoms with Crippen molar-refractivity contribution in [1.82, 2.24) is 4.90 Å². The summed E-state index contributed by atoms with van der Waals surface area (Å²) in [6.07, 6.45) is 4.28. The van der Waals surface area contributed by atoms with Gasteiger partial charge in [-0.3, -0.25) is 9.59 Å². The molecule has 1 aliphatic heterocycles. The van der Waals surface area contributed by atoms with Crippen LogP contribution >= 0.6 is 0 Å². The van der Waals surface area contributed by atoms with Crippen molar-refractivity contribution in [1.29, 1.82) is 0 Å². The van der Waals surface area contributed by atoms with Gasteiger partial charge in [0, 0.05) is 19.0 Å². The van der Waals surface area contributed by atoms with E-state index in [1.54, 1.807) is 4.90 Å². The van der Waals surface area contributed by atoms with E-state index < -0.39 is 11.9 Å². The lowest BCUT2D eigenvalue weighted by molar-refractivity contribution is -0.146. The summed E-state index contributed by atoms with van der Waals surface area (Å²) in [6.45, 7) is 3.03. The summed E-state index contributed by atoms with van der Waals surface area (Å²) in [5.41, 5.74) is 1.30. The molecule has 0 aromatic heterocycles. The average Bonchev–Trinajstić information content (AvgIpc) is 2.55. The first-order valence-corrected chi connectivity index (χ1v) is 8.13. The number of rotatable bonds is 6. The third-order valence-electron chi connectivity index (χ3n) is 4.45. The third kappa shape index (κ3) is 4.58. The number of carbonyl (C=O) groups excluding carboxylic acids is 1. The Morgan fingerprint density at radius 2 is 2.05 bits per heavy atom. The van der Waals surface area contributed by atoms with Gasteiger partial charge in [0.05, 0.1) is 5.92 Å². The maximum atomic E-state index is 12.4. The fourth-order valence-corrected chi connectivity index (χ4v) is 3.07. The van der Waals surface area contributed by atoms with E-state index in [1.165, 1.54) is 5.56 Å². The van der Waals surface area contributed by atoms with Crippen LogP contribution in [0.25, 0.3) is 0 Å². The van der Waals surface area contributed by atoms with Crippen LogP contribution < -0.4 is 0 Å². The predicted molar refractivity (Wildman–Crippen MR) is 85.5 cm³/mol. The molecule has 1 N–H and O–H groups in total. The number of hydrogen-bond donors (Lipinski definition) is 1. The highest BCUT2D eigenvalue weighted by molar-refractivity contribution is 5.79. The van der Waals surface area contributed by atoms with Crippen LogP contribution in [0.15, 0.2) is 30.3 Å². The van der Waals surface area contributed by atoms with Crippen LogP contribution in [0.3, 0.4) is 0 Å². The van der Waals surface area contributed by atoms with E-state index in [0.717, 1.165) is 25.7 Å². The second-order valence-electron chi connectivity index (χ2n) is 6.24. The largest absolute Gasteiger partial charge is 0.481 e. The molecule has 1 fully saturated rings. The maximum absolute atomic E-state index is 12.4. The van der Waals surface area contributed by atoms with Crippen LogP contribution in [-0.4, -0.2) is 35.0 Å². The second-order valence-corrected chi connectivity index (χ2v) is 6.24. The SMILES string of the molecule is CC(CCCc1ccccc1)C(=O)N1CCC[C@H](C(=O)O)C1. The quantitative estimate of drug-likeness (QED) is 0.879. The van der Waals surface area contributed by atoms with Crippen LogP contribution in [0, 0.1) is 11.8 Å². The van der Waals surface area contributed by atoms with Gasteiger partial charge in [0.25, 0.3) is 0 Å². The Bertz CT molecular complexity index is 500. The summed E-state index contributed by atoms with van der Waals surface area (Å²) >= 11 is 0. The van der Waals surface area contributed by atoms with Crippen LogP contribution in [0.4, 0.5) is 0 Å². The zero-order valence-electron chi connectivity index (χ0n) is 13.2. The van der Waals surface area contributed by atoms with Gasteiger partial charge in [-0.1, -0.05) is 37.3 Å². The van der Waals surface area contributed by atoms with Crippen molar-refractivity contribution in [3.05, 3.63) is 35.9 Å². The number of carboxylic acid groups (broad SMARTS) is 1. The van der Waals surface area contributed by atoms with Crippen molar-refractivity contribution in [2.75, 3.05) is 13.1 Å². The summed E-state index contributed by atoms with van der Waals surface area (Å²) in [6, 6.07) is 10.3. The van der Waals surface area contributed by atoms with Gasteiger partial charge < -0.3 is 10.0 Å². The zero-order valence-corrected chi connectivity index (χ0v) is 13.2. The maximum Gasteiger partial charge on any atom is 0.308 e. The van der Waals surface area contributed by atoms with Crippen molar-refractivity contribution in [2.45, 2.75) is 39.0 Å². The van der Waals surface area contributed by atoms with Gasteiger partial charge in [0.2, 0.25) is 5.91 Å². The molecule has 0 bridgehead atoms. The van der Waals surface area contributed by atoms with Crippen molar-refractivity contribution in [3.8, 4) is 0 Å². The lowest BCUT2D eigenvalue weighted by Crippen LogP contribution is -2.44. The van der Waals surface area contributed by atoms with Crippen LogP contribution in [0.2, 0.25) is 0 Å². The number of likely N-dealkylation sites (tertiary alicyclic amines) is 1. The number of benzene rings is 1. The minimum absolute atomic E-state index is 0.0312. The highest BCUT2D eigenvalue weighted by Crippen LogP contribution is 2.20. The first-order valence-electron chi connectivity index (χ1n) is 8.13. The molecule has 1 heterocycles. The highest BCUT2D eigenvalue weighted by Gasteiger charge is 2.29. The summed E-state index contributed by atoms with van der Waals surface area (Å²) in [7, 11) is 0. The first kappa shape index (κ1) is 16.5. The van der Waals surface area contributed by atoms with Gasteiger partial charge in [-0.05, 0) is 37.7 Å². The van der Waals surface area contributed by atoms with E-state index in [4.69, 9.17) is 5.11 Å². The van der Waals surface area contributed by atoms with E-state index in [-0.39, 0.29) is 11.8 Å². The topological polar surface area (TPSA) is 57.6 Å². The Hall–Kier alpha value is -1.84. The average molecular weight is 303 g/mol. The molecular formula is C18H25NO3. The Morgan fingerprint density at radius 3 is 2.73 bits per heavy atom. The summed E-state index contributed by atoms with van der Waals surface area (Å²) in [4.78, 5) is 25.3. The molecule has 0 radical (unpaired) electrons. The van der Waals surface area contributed by atoms with Gasteiger partial charge in [0.15, 0.2) is 0 Å². The molecule has 1 aliphatic rings. The molecule has 4 nitrogen and oxygen atoms in total. The minimum Gasteiger partial charge on any atom is -0.481 e. The lowest BCUT2D eigenvalue weighted by atomic mass is 9.95. The number of carbonyl (C=O) groups is 2. The van der Waals surface area contributed by atoms with Crippen molar-refractivity contribution < 1.29 is 14.7 Å². The van der Waals surface area contributed by atoms with Crippen molar-refractivity contribution in [3.63, 3.8) is 0 Å². The van der Waals surface area contributed by atoms with E-state index in [1.807, 2.05) is 25.1 Å². The summed E-state index contributed by atoms with van der Waals surface area (Å²) in [5.74, 6) is -1.10. The first-order chi connectivity index (χ1) is 10.6. The molecule has 2 rings (SSSR count). The molecule has 0 aliphatic carbocycles. The van der Waals surface area contributed by atoms with Gasteiger partial charge in [-0.15, -0.1) is 0 Å². The monoisotopic (exact) mass is 303 g/mol. The molecule has 1 saturated heterocycles. The van der Waals surface area contributed by atoms with Crippen LogP contribution in [-0.2, 0) is 16.0 Å². The van der Waals surface area contributed by atoms with Gasteiger partial charge in [0.1, 0.15) is 0 Å². The van der Waals surface area contributed by atoms with E-state index in [2.05, 4.69) is 12.1 Å². The van der Waals surface area contributed by atoms with Crippen molar-refractivity contribution in [2.24, 2.45) is 11.8 Å². The summed E-state index contributed by atoms with van der Waals surface area (Å²) < 4.78 is 0. The summed E-state index contributed by atoms with van der Waals surface area (Å²) in [5, 5.41) is 9.11. The van der Waals surface area contributed by atoms with Gasteiger partial charge >= 0.3 is 5.97 Å². The molecule has 1 aromatic rings. The highest BCUT2D eigenvalue weighted by atomic mass is 16.4. The molecule has 1 unspecified atom stereocenters. The molecule has 0 spiro atoms. The number of carboxylic acids is 1. The zero-order chi connectivity index (χ0) is 15.9. The Morgan fingerprint density at radius 1 is 1.32 bits per heavy atom. The number of hydrogen-bond acceptors (Lipinski definition) is 2. The molecule has 22 heavy (non-hydrogen) atoms. The fraction of sp³-hybridized carbons (Fsp3) is 0.556. The Labute approximate surface area is 132 Å². The van der Waals surface area contributed by atoms with E-state index in [9.17, 15) is 9.59 Å². The second kappa shape index (κ2) is 7.97. The van der Waals surface area contributed by atoms with Crippen molar-refractivity contribution >= 4 is 11.9 Å². The Kier molecular flexibility index (Phi) is 5.99. The molecule has 1 amide bonds. The predicted octanol–water partition coefficient (Wildman–Crippen LogP) is 2.97. The number of aryl methyl sites for hydroxylation is 1. The third-order valence-corrected chi connectivity index (χ3v) is 4.45. The lowest BCUT2D eigenvalue weighted by Gasteiger charge is -2.32. The van der Waals surface area contributed by atoms with E-state index >= 15 is 0 Å². The molecular weight excluding hydrogens is 278 g/mol. The standard InChI is InChI=1S/C18H25NO3/c1-14(7-5-10-15-8-3-2-4-9-15)17(20)19-12-6-11-16(13-19)18(21)22/h2-4,8-9,14,16H,5-7,10-13H2,1H3,(H,21,22)/t14?,16-/m0/s1. The van der Waals surface area contributed by atoms with Gasteiger partial charge in [-0.25, -0.2) is 0 Å². The Balaban J connectivity index is 1.78. The minimum atomic E-state index is -0.783. The fourth-order valence-electron chi connectivity index (χ4n) is 3.07. The number of nitrogens with zero attached hydrogens (tertiary/aromatic N) is 1. The van der Waals surface area contributed by atoms with Crippen LogP contribution in [0.1, 0.15) is 38.2 Å². The molecule has 0 saturated carbocycles. The number of amides is 1. The molecule has 120 valence electrons. The van der Waals surface area contributed by atoms with Gasteiger partial charge in [-0.2, -0.15) is 0 Å². The molecule has 2 atom stereocenters. The van der Waals surface area contributed by atoms with E-state index in [0.29, 0.717) is 19.5 Å². The smallest absolute Gasteiger partial charge is 0.308 e. The number of piperidine rings is 1. The van der Waals surface area contributed by atoms with Crippen LogP contribution in [0.5, 0.6) is 0 Å². The molecule has 4 heteroatoms.